The Morgan fingerprint density at radius 3 is 2.30 bits per heavy atom. The molecule has 2 rings (SSSR count). The Bertz CT molecular complexity index is 458. The maximum atomic E-state index is 6.01. The summed E-state index contributed by atoms with van der Waals surface area (Å²) in [4.78, 5) is 4.22. The van der Waals surface area contributed by atoms with Crippen molar-refractivity contribution in [3.05, 3.63) is 18.5 Å². The average molecular weight is 277 g/mol. The van der Waals surface area contributed by atoms with Gasteiger partial charge in [-0.3, -0.25) is 4.98 Å². The fraction of sp³-hybridized carbons (Fsp3) is 0.667. The SMILES string of the molecule is CC(C)COc1cncc(B2OC(C)(C)C(C)(C)O2)c1. The molecule has 1 aliphatic rings. The average Bonchev–Trinajstić information content (AvgIpc) is 2.56. The van der Waals surface area contributed by atoms with Crippen LogP contribution in [0, 0.1) is 5.92 Å². The first-order valence-corrected chi connectivity index (χ1v) is 7.15. The summed E-state index contributed by atoms with van der Waals surface area (Å²) in [5.74, 6) is 1.24. The van der Waals surface area contributed by atoms with Gasteiger partial charge in [0.05, 0.1) is 24.0 Å². The van der Waals surface area contributed by atoms with Crippen LogP contribution in [0.15, 0.2) is 18.5 Å². The summed E-state index contributed by atoms with van der Waals surface area (Å²) in [7, 11) is -0.393. The number of nitrogens with zero attached hydrogens (tertiary/aromatic N) is 1. The van der Waals surface area contributed by atoms with Crippen LogP contribution in [0.3, 0.4) is 0 Å². The van der Waals surface area contributed by atoms with Gasteiger partial charge in [-0.25, -0.2) is 0 Å². The first kappa shape index (κ1) is 15.3. The Balaban J connectivity index is 2.12. The van der Waals surface area contributed by atoms with E-state index in [1.807, 2.05) is 33.8 Å². The number of aromatic nitrogens is 1. The molecule has 1 aliphatic heterocycles. The van der Waals surface area contributed by atoms with E-state index < -0.39 is 7.12 Å². The molecule has 1 aromatic heterocycles. The van der Waals surface area contributed by atoms with E-state index in [0.29, 0.717) is 12.5 Å². The molecule has 0 saturated carbocycles. The molecule has 5 heteroatoms. The third-order valence-corrected chi connectivity index (χ3v) is 3.84. The fourth-order valence-electron chi connectivity index (χ4n) is 1.89. The lowest BCUT2D eigenvalue weighted by molar-refractivity contribution is 0.00578. The van der Waals surface area contributed by atoms with E-state index >= 15 is 0 Å². The summed E-state index contributed by atoms with van der Waals surface area (Å²) >= 11 is 0. The number of hydrogen-bond donors (Lipinski definition) is 0. The third-order valence-electron chi connectivity index (χ3n) is 3.84. The van der Waals surface area contributed by atoms with Gasteiger partial charge in [0.25, 0.3) is 0 Å². The van der Waals surface area contributed by atoms with Crippen LogP contribution in [0.5, 0.6) is 5.75 Å². The van der Waals surface area contributed by atoms with Gasteiger partial charge in [-0.15, -0.1) is 0 Å². The topological polar surface area (TPSA) is 40.6 Å². The highest BCUT2D eigenvalue weighted by Crippen LogP contribution is 2.36. The molecule has 0 radical (unpaired) electrons. The van der Waals surface area contributed by atoms with Crippen molar-refractivity contribution in [1.82, 2.24) is 4.98 Å². The van der Waals surface area contributed by atoms with E-state index in [0.717, 1.165) is 11.2 Å². The molecule has 0 spiro atoms. The minimum absolute atomic E-state index is 0.341. The molecule has 4 nitrogen and oxygen atoms in total. The summed E-state index contributed by atoms with van der Waals surface area (Å²) in [5.41, 5.74) is 0.212. The van der Waals surface area contributed by atoms with E-state index in [4.69, 9.17) is 14.0 Å². The van der Waals surface area contributed by atoms with Gasteiger partial charge in [0.2, 0.25) is 0 Å². The van der Waals surface area contributed by atoms with Gasteiger partial charge in [0, 0.05) is 11.7 Å². The second-order valence-electron chi connectivity index (χ2n) is 6.75. The summed E-state index contributed by atoms with van der Waals surface area (Å²) in [6.07, 6.45) is 3.49. The molecule has 1 fully saturated rings. The largest absolute Gasteiger partial charge is 0.496 e. The number of hydrogen-bond acceptors (Lipinski definition) is 4. The van der Waals surface area contributed by atoms with Gasteiger partial charge < -0.3 is 14.0 Å². The number of ether oxygens (including phenoxy) is 1. The van der Waals surface area contributed by atoms with E-state index in [1.54, 1.807) is 12.4 Å². The van der Waals surface area contributed by atoms with Crippen LogP contribution in [-0.4, -0.2) is 29.9 Å². The molecule has 0 bridgehead atoms. The lowest BCUT2D eigenvalue weighted by Crippen LogP contribution is -2.41. The molecule has 0 amide bonds. The van der Waals surface area contributed by atoms with Crippen LogP contribution in [0.4, 0.5) is 0 Å². The van der Waals surface area contributed by atoms with Gasteiger partial charge in [-0.2, -0.15) is 0 Å². The number of pyridine rings is 1. The van der Waals surface area contributed by atoms with Crippen molar-refractivity contribution in [2.45, 2.75) is 52.7 Å². The maximum absolute atomic E-state index is 6.01. The molecule has 1 aromatic rings. The highest BCUT2D eigenvalue weighted by molar-refractivity contribution is 6.62. The van der Waals surface area contributed by atoms with Crippen molar-refractivity contribution in [2.75, 3.05) is 6.61 Å². The van der Waals surface area contributed by atoms with E-state index in [1.165, 1.54) is 0 Å². The molecule has 1 saturated heterocycles. The van der Waals surface area contributed by atoms with Crippen molar-refractivity contribution in [1.29, 1.82) is 0 Å². The Kier molecular flexibility index (Phi) is 4.12. The number of rotatable bonds is 4. The molecule has 20 heavy (non-hydrogen) atoms. The Morgan fingerprint density at radius 1 is 1.15 bits per heavy atom. The quantitative estimate of drug-likeness (QED) is 0.792. The molecule has 0 aliphatic carbocycles. The molecule has 0 aromatic carbocycles. The highest BCUT2D eigenvalue weighted by atomic mass is 16.7. The summed E-state index contributed by atoms with van der Waals surface area (Å²) in [6.45, 7) is 13.1. The van der Waals surface area contributed by atoms with Gasteiger partial charge in [0.1, 0.15) is 5.75 Å². The van der Waals surface area contributed by atoms with Gasteiger partial charge >= 0.3 is 7.12 Å². The van der Waals surface area contributed by atoms with Crippen LogP contribution >= 0.6 is 0 Å². The zero-order valence-corrected chi connectivity index (χ0v) is 13.3. The van der Waals surface area contributed by atoms with Gasteiger partial charge in [0.15, 0.2) is 0 Å². The molecule has 2 heterocycles. The predicted molar refractivity (Wildman–Crippen MR) is 80.3 cm³/mol. The van der Waals surface area contributed by atoms with E-state index in [-0.39, 0.29) is 11.2 Å². The zero-order chi connectivity index (χ0) is 15.0. The summed E-state index contributed by atoms with van der Waals surface area (Å²) in [5, 5.41) is 0. The zero-order valence-electron chi connectivity index (χ0n) is 13.3. The van der Waals surface area contributed by atoms with Crippen LogP contribution in [0.25, 0.3) is 0 Å². The third kappa shape index (κ3) is 3.15. The monoisotopic (exact) mass is 277 g/mol. The maximum Gasteiger partial charge on any atom is 0.496 e. The Labute approximate surface area is 122 Å². The summed E-state index contributed by atoms with van der Waals surface area (Å²) < 4.78 is 17.7. The Hall–Kier alpha value is -1.07. The van der Waals surface area contributed by atoms with Gasteiger partial charge in [-0.05, 0) is 39.7 Å². The summed E-state index contributed by atoms with van der Waals surface area (Å²) in [6, 6.07) is 1.94. The Morgan fingerprint density at radius 2 is 1.75 bits per heavy atom. The first-order valence-electron chi connectivity index (χ1n) is 7.15. The van der Waals surface area contributed by atoms with Crippen molar-refractivity contribution in [3.63, 3.8) is 0 Å². The van der Waals surface area contributed by atoms with Crippen molar-refractivity contribution in [3.8, 4) is 5.75 Å². The molecular formula is C15H24BNO3. The fourth-order valence-corrected chi connectivity index (χ4v) is 1.89. The van der Waals surface area contributed by atoms with Crippen LogP contribution in [0.1, 0.15) is 41.5 Å². The second kappa shape index (κ2) is 5.37. The molecule has 110 valence electrons. The lowest BCUT2D eigenvalue weighted by Gasteiger charge is -2.32. The first-order chi connectivity index (χ1) is 9.21. The van der Waals surface area contributed by atoms with E-state index in [9.17, 15) is 0 Å². The van der Waals surface area contributed by atoms with E-state index in [2.05, 4.69) is 18.8 Å². The van der Waals surface area contributed by atoms with Crippen molar-refractivity contribution in [2.24, 2.45) is 5.92 Å². The second-order valence-corrected chi connectivity index (χ2v) is 6.75. The minimum atomic E-state index is -0.393. The van der Waals surface area contributed by atoms with Gasteiger partial charge in [-0.1, -0.05) is 13.8 Å². The van der Waals surface area contributed by atoms with Crippen LogP contribution < -0.4 is 10.2 Å². The minimum Gasteiger partial charge on any atom is -0.492 e. The molecule has 0 N–H and O–H groups in total. The standard InChI is InChI=1S/C15H24BNO3/c1-11(2)10-18-13-7-12(8-17-9-13)16-19-14(3,4)15(5,6)20-16/h7-9,11H,10H2,1-6H3. The molecule has 0 atom stereocenters. The molecule has 0 unspecified atom stereocenters. The lowest BCUT2D eigenvalue weighted by atomic mass is 9.80. The van der Waals surface area contributed by atoms with Crippen LogP contribution in [-0.2, 0) is 9.31 Å². The normalized spacial score (nSPS) is 20.4. The van der Waals surface area contributed by atoms with Crippen molar-refractivity contribution < 1.29 is 14.0 Å². The molecular weight excluding hydrogens is 253 g/mol. The highest BCUT2D eigenvalue weighted by Gasteiger charge is 2.51. The van der Waals surface area contributed by atoms with Crippen molar-refractivity contribution >= 4 is 12.6 Å². The smallest absolute Gasteiger partial charge is 0.492 e. The predicted octanol–water partition coefficient (Wildman–Crippen LogP) is 2.42. The van der Waals surface area contributed by atoms with Crippen LogP contribution in [0.2, 0.25) is 0 Å².